The molecule has 70 valence electrons. The summed E-state index contributed by atoms with van der Waals surface area (Å²) in [7, 11) is 0. The van der Waals surface area contributed by atoms with Crippen molar-refractivity contribution in [2.24, 2.45) is 0 Å². The Morgan fingerprint density at radius 3 is 2.92 bits per heavy atom. The van der Waals surface area contributed by atoms with Crippen molar-refractivity contribution in [2.75, 3.05) is 6.61 Å². The first-order valence-electron chi connectivity index (χ1n) is 4.92. The van der Waals surface area contributed by atoms with Crippen LogP contribution in [0.15, 0.2) is 34.9 Å². The van der Waals surface area contributed by atoms with Crippen LogP contribution >= 0.6 is 0 Å². The summed E-state index contributed by atoms with van der Waals surface area (Å²) in [5.74, 6) is 0.827. The number of rotatable bonds is 5. The highest BCUT2D eigenvalue weighted by atomic mass is 16.5. The molecule has 1 rings (SSSR count). The molecular weight excluding hydrogens is 160 g/mol. The first-order valence-corrected chi connectivity index (χ1v) is 4.92. The van der Waals surface area contributed by atoms with E-state index in [-0.39, 0.29) is 0 Å². The zero-order chi connectivity index (χ0) is 9.52. The van der Waals surface area contributed by atoms with Gasteiger partial charge in [0, 0.05) is 0 Å². The monoisotopic (exact) mass is 176 g/mol. The minimum Gasteiger partial charge on any atom is -0.485 e. The van der Waals surface area contributed by atoms with Gasteiger partial charge in [0.25, 0.3) is 0 Å². The van der Waals surface area contributed by atoms with Gasteiger partial charge in [-0.25, -0.2) is 0 Å². The molecule has 0 aromatic rings. The van der Waals surface area contributed by atoms with Crippen LogP contribution in [-0.4, -0.2) is 6.61 Å². The maximum absolute atomic E-state index is 5.50. The lowest BCUT2D eigenvalue weighted by atomic mass is 10.1. The zero-order valence-corrected chi connectivity index (χ0v) is 8.39. The summed E-state index contributed by atoms with van der Waals surface area (Å²) < 4.78 is 5.50. The van der Waals surface area contributed by atoms with Crippen LogP contribution in [0.3, 0.4) is 0 Å². The van der Waals surface area contributed by atoms with Crippen LogP contribution in [0.5, 0.6) is 0 Å². The van der Waals surface area contributed by atoms with Gasteiger partial charge < -0.3 is 4.74 Å². The van der Waals surface area contributed by atoms with Crippen molar-refractivity contribution < 1.29 is 4.74 Å². The Hall–Kier alpha value is -1.16. The molecule has 0 unspecified atom stereocenters. The summed E-state index contributed by atoms with van der Waals surface area (Å²) in [5, 5.41) is 0. The van der Waals surface area contributed by atoms with Crippen LogP contribution in [0.4, 0.5) is 0 Å². The van der Waals surface area contributed by atoms with Gasteiger partial charge in [0.15, 0.2) is 5.76 Å². The van der Waals surface area contributed by atoms with Crippen LogP contribution < -0.4 is 0 Å². The number of hydrogen-bond acceptors (Lipinski definition) is 1. The molecule has 0 radical (unpaired) electrons. The molecule has 1 nitrogen and oxygen atoms in total. The molecule has 0 aromatic heterocycles. The fraction of sp³-hybridized carbons (Fsp3) is 0.500. The molecule has 0 aliphatic heterocycles. The second-order valence-electron chi connectivity index (χ2n) is 3.05. The first-order chi connectivity index (χ1) is 6.36. The average molecular weight is 176 g/mol. The summed E-state index contributed by atoms with van der Waals surface area (Å²) in [6.45, 7) is 5.06. The van der Waals surface area contributed by atoms with E-state index in [1.165, 1.54) is 5.57 Å². The van der Waals surface area contributed by atoms with E-state index >= 15 is 0 Å². The van der Waals surface area contributed by atoms with Crippen molar-refractivity contribution in [3.63, 3.8) is 0 Å². The van der Waals surface area contributed by atoms with Crippen molar-refractivity contribution in [2.45, 2.75) is 33.1 Å². The van der Waals surface area contributed by atoms with Crippen LogP contribution in [0.1, 0.15) is 33.1 Å². The second-order valence-corrected chi connectivity index (χ2v) is 3.05. The fourth-order valence-corrected chi connectivity index (χ4v) is 1.05. The molecule has 0 saturated heterocycles. The smallest absolute Gasteiger partial charge is 0.170 e. The number of hydrogen-bond donors (Lipinski definition) is 0. The van der Waals surface area contributed by atoms with Crippen molar-refractivity contribution in [3.05, 3.63) is 34.9 Å². The molecule has 0 heterocycles. The highest BCUT2D eigenvalue weighted by Gasteiger charge is 1.97. The Labute approximate surface area is 80.1 Å². The van der Waals surface area contributed by atoms with Crippen LogP contribution in [0.2, 0.25) is 0 Å². The van der Waals surface area contributed by atoms with E-state index in [2.05, 4.69) is 25.3 Å². The molecule has 1 heteroatoms. The van der Waals surface area contributed by atoms with Crippen molar-refractivity contribution in [1.82, 2.24) is 0 Å². The second kappa shape index (κ2) is 5.48. The lowest BCUT2D eigenvalue weighted by Crippen LogP contribution is -1.93. The SMILES string of the molecule is CCCCOC1=C=C=CC(CC)=C1. The van der Waals surface area contributed by atoms with Crippen LogP contribution in [0, 0.1) is 0 Å². The molecule has 0 spiro atoms. The molecule has 0 saturated carbocycles. The Kier molecular flexibility index (Phi) is 4.18. The van der Waals surface area contributed by atoms with Gasteiger partial charge in [0.05, 0.1) is 6.61 Å². The van der Waals surface area contributed by atoms with E-state index < -0.39 is 0 Å². The Balaban J connectivity index is 2.47. The molecule has 13 heavy (non-hydrogen) atoms. The molecule has 0 aromatic carbocycles. The van der Waals surface area contributed by atoms with Gasteiger partial charge in [-0.15, -0.1) is 0 Å². The minimum absolute atomic E-state index is 0.786. The predicted molar refractivity (Wildman–Crippen MR) is 54.3 cm³/mol. The highest BCUT2D eigenvalue weighted by Crippen LogP contribution is 2.11. The Bertz CT molecular complexity index is 284. The van der Waals surface area contributed by atoms with E-state index in [1.807, 2.05) is 12.2 Å². The van der Waals surface area contributed by atoms with Gasteiger partial charge in [-0.05, 0) is 36.3 Å². The first kappa shape index (κ1) is 9.92. The summed E-state index contributed by atoms with van der Waals surface area (Å²) in [6.07, 6.45) is 7.27. The van der Waals surface area contributed by atoms with Crippen molar-refractivity contribution in [1.29, 1.82) is 0 Å². The lowest BCUT2D eigenvalue weighted by molar-refractivity contribution is 0.220. The molecule has 0 atom stereocenters. The topological polar surface area (TPSA) is 9.23 Å². The fourth-order valence-electron chi connectivity index (χ4n) is 1.05. The molecule has 0 fully saturated rings. The van der Waals surface area contributed by atoms with Gasteiger partial charge in [-0.1, -0.05) is 26.0 Å². The third kappa shape index (κ3) is 3.38. The Morgan fingerprint density at radius 1 is 1.38 bits per heavy atom. The van der Waals surface area contributed by atoms with Gasteiger partial charge in [-0.3, -0.25) is 0 Å². The predicted octanol–water partition coefficient (Wildman–Crippen LogP) is 3.35. The van der Waals surface area contributed by atoms with Crippen molar-refractivity contribution >= 4 is 0 Å². The van der Waals surface area contributed by atoms with E-state index in [0.717, 1.165) is 31.6 Å². The maximum atomic E-state index is 5.50. The molecule has 1 aliphatic rings. The standard InChI is InChI=1S/C12H16O/c1-3-5-9-13-12-8-6-7-11(4-2)10-12/h7,10H,3-5,9H2,1-2H3. The number of allylic oxidation sites excluding steroid dienone is 3. The minimum atomic E-state index is 0.786. The average Bonchev–Trinajstić information content (AvgIpc) is 2.19. The van der Waals surface area contributed by atoms with Gasteiger partial charge in [0.2, 0.25) is 0 Å². The lowest BCUT2D eigenvalue weighted by Gasteiger charge is -2.05. The molecular formula is C12H16O. The molecule has 0 bridgehead atoms. The normalized spacial score (nSPS) is 14.0. The highest BCUT2D eigenvalue weighted by molar-refractivity contribution is 5.30. The third-order valence-corrected chi connectivity index (χ3v) is 1.93. The maximum Gasteiger partial charge on any atom is 0.170 e. The summed E-state index contributed by atoms with van der Waals surface area (Å²) in [5.41, 5.74) is 7.17. The summed E-state index contributed by atoms with van der Waals surface area (Å²) in [6, 6.07) is 0. The summed E-state index contributed by atoms with van der Waals surface area (Å²) >= 11 is 0. The summed E-state index contributed by atoms with van der Waals surface area (Å²) in [4.78, 5) is 0. The largest absolute Gasteiger partial charge is 0.485 e. The molecule has 0 N–H and O–H groups in total. The third-order valence-electron chi connectivity index (χ3n) is 1.93. The zero-order valence-electron chi connectivity index (χ0n) is 8.39. The van der Waals surface area contributed by atoms with E-state index in [4.69, 9.17) is 4.74 Å². The van der Waals surface area contributed by atoms with E-state index in [9.17, 15) is 0 Å². The van der Waals surface area contributed by atoms with Gasteiger partial charge in [-0.2, -0.15) is 0 Å². The van der Waals surface area contributed by atoms with Crippen LogP contribution in [0.25, 0.3) is 0 Å². The quantitative estimate of drug-likeness (QED) is 0.461. The number of ether oxygens (including phenoxy) is 1. The van der Waals surface area contributed by atoms with Crippen molar-refractivity contribution in [3.8, 4) is 0 Å². The van der Waals surface area contributed by atoms with E-state index in [0.29, 0.717) is 0 Å². The van der Waals surface area contributed by atoms with Gasteiger partial charge >= 0.3 is 0 Å². The van der Waals surface area contributed by atoms with Crippen LogP contribution in [-0.2, 0) is 4.74 Å². The molecule has 0 amide bonds. The van der Waals surface area contributed by atoms with Gasteiger partial charge in [0.1, 0.15) is 0 Å². The number of unbranched alkanes of at least 4 members (excludes halogenated alkanes) is 1. The van der Waals surface area contributed by atoms with E-state index in [1.54, 1.807) is 0 Å². The Morgan fingerprint density at radius 2 is 2.23 bits per heavy atom. The molecule has 1 aliphatic carbocycles.